The fraction of sp³-hybridized carbons (Fsp3) is 0.348. The average Bonchev–Trinajstić information content (AvgIpc) is 2.77. The number of rotatable bonds is 10. The molecule has 3 rings (SSSR count). The third-order valence-electron chi connectivity index (χ3n) is 4.83. The van der Waals surface area contributed by atoms with Crippen molar-refractivity contribution in [2.75, 3.05) is 24.9 Å². The van der Waals surface area contributed by atoms with Gasteiger partial charge in [0.2, 0.25) is 5.91 Å². The molecule has 0 bridgehead atoms. The van der Waals surface area contributed by atoms with E-state index in [1.165, 1.54) is 12.7 Å². The fourth-order valence-electron chi connectivity index (χ4n) is 3.19. The first-order valence-electron chi connectivity index (χ1n) is 10.2. The highest BCUT2D eigenvalue weighted by molar-refractivity contribution is 5.93. The zero-order valence-electron chi connectivity index (χ0n) is 17.7. The van der Waals surface area contributed by atoms with Gasteiger partial charge in [0.25, 0.3) is 0 Å². The van der Waals surface area contributed by atoms with Gasteiger partial charge in [0.05, 0.1) is 19.7 Å². The molecular weight excluding hydrogens is 380 g/mol. The summed E-state index contributed by atoms with van der Waals surface area (Å²) in [5.74, 6) is 1.94. The lowest BCUT2D eigenvalue weighted by atomic mass is 10.1. The van der Waals surface area contributed by atoms with Crippen molar-refractivity contribution in [3.8, 4) is 11.5 Å². The van der Waals surface area contributed by atoms with E-state index in [0.717, 1.165) is 41.5 Å². The van der Waals surface area contributed by atoms with Crippen LogP contribution in [-0.4, -0.2) is 30.1 Å². The molecule has 0 saturated carbocycles. The topological polar surface area (TPSA) is 85.4 Å². The Balaban J connectivity index is 1.69. The number of nitrogens with one attached hydrogen (secondary N) is 2. The molecule has 0 saturated heterocycles. The van der Waals surface area contributed by atoms with Gasteiger partial charge in [0.15, 0.2) is 11.5 Å². The van der Waals surface area contributed by atoms with Gasteiger partial charge in [-0.15, -0.1) is 0 Å². The minimum atomic E-state index is 0.0506. The quantitative estimate of drug-likeness (QED) is 0.443. The maximum absolute atomic E-state index is 12.0. The molecule has 0 aliphatic heterocycles. The van der Waals surface area contributed by atoms with Crippen LogP contribution < -0.4 is 20.1 Å². The molecule has 7 heteroatoms. The number of hydrogen-bond donors (Lipinski definition) is 2. The molecule has 1 aromatic heterocycles. The summed E-state index contributed by atoms with van der Waals surface area (Å²) in [6.07, 6.45) is 6.41. The summed E-state index contributed by atoms with van der Waals surface area (Å²) in [5, 5.41) is 7.07. The highest BCUT2D eigenvalue weighted by Gasteiger charge is 2.11. The van der Waals surface area contributed by atoms with E-state index in [2.05, 4.69) is 27.5 Å². The Kier molecular flexibility index (Phi) is 7.43. The van der Waals surface area contributed by atoms with Crippen molar-refractivity contribution >= 4 is 34.0 Å². The average molecular weight is 409 g/mol. The monoisotopic (exact) mass is 408 g/mol. The summed E-state index contributed by atoms with van der Waals surface area (Å²) < 4.78 is 10.7. The first kappa shape index (κ1) is 21.4. The number of amides is 1. The summed E-state index contributed by atoms with van der Waals surface area (Å²) in [4.78, 5) is 20.7. The summed E-state index contributed by atoms with van der Waals surface area (Å²) in [7, 11) is 3.19. The van der Waals surface area contributed by atoms with Crippen molar-refractivity contribution in [1.29, 1.82) is 0 Å². The second-order valence-corrected chi connectivity index (χ2v) is 7.01. The summed E-state index contributed by atoms with van der Waals surface area (Å²) >= 11 is 0. The van der Waals surface area contributed by atoms with Crippen LogP contribution in [0.5, 0.6) is 11.5 Å². The minimum Gasteiger partial charge on any atom is -0.493 e. The van der Waals surface area contributed by atoms with Gasteiger partial charge in [0, 0.05) is 29.2 Å². The van der Waals surface area contributed by atoms with Gasteiger partial charge in [-0.25, -0.2) is 9.97 Å². The first-order valence-corrected chi connectivity index (χ1v) is 10.2. The minimum absolute atomic E-state index is 0.0506. The molecule has 0 fully saturated rings. The number of benzene rings is 2. The number of methoxy groups -OCH3 is 2. The number of carbonyl (C=O) groups excluding carboxylic acids is 1. The largest absolute Gasteiger partial charge is 0.493 e. The third-order valence-corrected chi connectivity index (χ3v) is 4.83. The molecule has 3 aromatic rings. The number of fused-ring (bicyclic) bond motifs is 1. The molecule has 2 aromatic carbocycles. The number of carbonyl (C=O) groups is 1. The molecule has 1 heterocycles. The van der Waals surface area contributed by atoms with Crippen LogP contribution in [-0.2, 0) is 4.79 Å². The van der Waals surface area contributed by atoms with Crippen molar-refractivity contribution < 1.29 is 14.3 Å². The lowest BCUT2D eigenvalue weighted by Gasteiger charge is -2.12. The zero-order valence-corrected chi connectivity index (χ0v) is 17.7. The van der Waals surface area contributed by atoms with Crippen molar-refractivity contribution in [3.63, 3.8) is 0 Å². The molecule has 0 spiro atoms. The van der Waals surface area contributed by atoms with Crippen LogP contribution >= 0.6 is 0 Å². The Bertz CT molecular complexity index is 990. The third kappa shape index (κ3) is 5.37. The number of unbranched alkanes of at least 4 members (excludes halogenated alkanes) is 3. The number of anilines is 3. The molecule has 158 valence electrons. The molecular formula is C23H28N4O3. The normalized spacial score (nSPS) is 10.6. The Morgan fingerprint density at radius 2 is 1.63 bits per heavy atom. The van der Waals surface area contributed by atoms with Crippen LogP contribution in [0.25, 0.3) is 10.9 Å². The van der Waals surface area contributed by atoms with E-state index in [0.29, 0.717) is 23.7 Å². The molecule has 0 radical (unpaired) electrons. The van der Waals surface area contributed by atoms with Crippen LogP contribution in [0.1, 0.15) is 39.0 Å². The van der Waals surface area contributed by atoms with Gasteiger partial charge < -0.3 is 20.1 Å². The second-order valence-electron chi connectivity index (χ2n) is 7.01. The van der Waals surface area contributed by atoms with Crippen LogP contribution in [0, 0.1) is 0 Å². The number of hydrogen-bond acceptors (Lipinski definition) is 6. The summed E-state index contributed by atoms with van der Waals surface area (Å²) in [6.45, 7) is 2.16. The molecule has 0 aliphatic rings. The SMILES string of the molecule is CCCCCCC(=O)Nc1ccc(Nc2ncnc3cc(OC)c(OC)cc23)cc1. The van der Waals surface area contributed by atoms with Gasteiger partial charge >= 0.3 is 0 Å². The molecule has 0 atom stereocenters. The maximum Gasteiger partial charge on any atom is 0.224 e. The van der Waals surface area contributed by atoms with Gasteiger partial charge in [-0.1, -0.05) is 26.2 Å². The van der Waals surface area contributed by atoms with E-state index in [4.69, 9.17) is 9.47 Å². The van der Waals surface area contributed by atoms with E-state index in [1.807, 2.05) is 36.4 Å². The van der Waals surface area contributed by atoms with Gasteiger partial charge in [-0.3, -0.25) is 4.79 Å². The molecule has 0 aliphatic carbocycles. The molecule has 2 N–H and O–H groups in total. The van der Waals surface area contributed by atoms with E-state index in [-0.39, 0.29) is 5.91 Å². The maximum atomic E-state index is 12.0. The standard InChI is InChI=1S/C23H28N4O3/c1-4-5-6-7-8-22(28)26-16-9-11-17(12-10-16)27-23-18-13-20(29-2)21(30-3)14-19(18)24-15-25-23/h9-15H,4-8H2,1-3H3,(H,26,28)(H,24,25,27). The van der Waals surface area contributed by atoms with Crippen LogP contribution in [0.2, 0.25) is 0 Å². The van der Waals surface area contributed by atoms with E-state index < -0.39 is 0 Å². The van der Waals surface area contributed by atoms with E-state index in [1.54, 1.807) is 14.2 Å². The predicted octanol–water partition coefficient (Wildman–Crippen LogP) is 5.30. The highest BCUT2D eigenvalue weighted by Crippen LogP contribution is 2.34. The second kappa shape index (κ2) is 10.4. The van der Waals surface area contributed by atoms with Gasteiger partial charge in [-0.2, -0.15) is 0 Å². The Hall–Kier alpha value is -3.35. The predicted molar refractivity (Wildman–Crippen MR) is 120 cm³/mol. The number of ether oxygens (including phenoxy) is 2. The van der Waals surface area contributed by atoms with Crippen molar-refractivity contribution in [2.24, 2.45) is 0 Å². The number of aromatic nitrogens is 2. The smallest absolute Gasteiger partial charge is 0.224 e. The van der Waals surface area contributed by atoms with Gasteiger partial charge in [-0.05, 0) is 36.8 Å². The Morgan fingerprint density at radius 3 is 2.33 bits per heavy atom. The lowest BCUT2D eigenvalue weighted by molar-refractivity contribution is -0.116. The van der Waals surface area contributed by atoms with Crippen LogP contribution in [0.3, 0.4) is 0 Å². The molecule has 1 amide bonds. The van der Waals surface area contributed by atoms with Crippen LogP contribution in [0.15, 0.2) is 42.7 Å². The van der Waals surface area contributed by atoms with Gasteiger partial charge in [0.1, 0.15) is 12.1 Å². The van der Waals surface area contributed by atoms with E-state index in [9.17, 15) is 4.79 Å². The highest BCUT2D eigenvalue weighted by atomic mass is 16.5. The Labute approximate surface area is 176 Å². The van der Waals surface area contributed by atoms with E-state index >= 15 is 0 Å². The summed E-state index contributed by atoms with van der Waals surface area (Å²) in [6, 6.07) is 11.2. The van der Waals surface area contributed by atoms with Crippen LogP contribution in [0.4, 0.5) is 17.2 Å². The molecule has 7 nitrogen and oxygen atoms in total. The number of nitrogens with zero attached hydrogens (tertiary/aromatic N) is 2. The van der Waals surface area contributed by atoms with Crippen molar-refractivity contribution in [1.82, 2.24) is 9.97 Å². The fourth-order valence-corrected chi connectivity index (χ4v) is 3.19. The molecule has 30 heavy (non-hydrogen) atoms. The Morgan fingerprint density at radius 1 is 0.933 bits per heavy atom. The first-order chi connectivity index (χ1) is 14.6. The van der Waals surface area contributed by atoms with Crippen molar-refractivity contribution in [3.05, 3.63) is 42.7 Å². The zero-order chi connectivity index (χ0) is 21.3. The lowest BCUT2D eigenvalue weighted by Crippen LogP contribution is -2.10. The van der Waals surface area contributed by atoms with Crippen molar-refractivity contribution in [2.45, 2.75) is 39.0 Å². The molecule has 0 unspecified atom stereocenters. The summed E-state index contributed by atoms with van der Waals surface area (Å²) in [5.41, 5.74) is 2.38.